The van der Waals surface area contributed by atoms with E-state index in [-0.39, 0.29) is 0 Å². The average Bonchev–Trinajstić information content (AvgIpc) is 3.14. The van der Waals surface area contributed by atoms with E-state index in [0.29, 0.717) is 28.7 Å². The second kappa shape index (κ2) is 6.35. The molecule has 9 heteroatoms. The van der Waals surface area contributed by atoms with E-state index >= 15 is 0 Å². The van der Waals surface area contributed by atoms with Crippen molar-refractivity contribution in [3.8, 4) is 0 Å². The number of aromatic nitrogens is 4. The average molecular weight is 329 g/mol. The standard InChI is InChI=1S/C12H17ClN6OS/c1-8-14-16-11(20-8)7-18(2)9-3-4-19(5-9)6-10-12(13)21-17-15-10/h9H,3-7H2,1-2H3/t9-/m1/s1. The van der Waals surface area contributed by atoms with Crippen molar-refractivity contribution in [2.45, 2.75) is 32.5 Å². The van der Waals surface area contributed by atoms with Gasteiger partial charge >= 0.3 is 0 Å². The number of aryl methyl sites for hydroxylation is 1. The topological polar surface area (TPSA) is 71.2 Å². The molecule has 2 aromatic rings. The highest BCUT2D eigenvalue weighted by atomic mass is 35.5. The number of hydrogen-bond acceptors (Lipinski definition) is 8. The molecule has 3 rings (SSSR count). The van der Waals surface area contributed by atoms with E-state index in [4.69, 9.17) is 16.0 Å². The zero-order valence-electron chi connectivity index (χ0n) is 12.0. The third-order valence-electron chi connectivity index (χ3n) is 3.71. The number of rotatable bonds is 5. The number of nitrogens with zero attached hydrogens (tertiary/aromatic N) is 6. The zero-order chi connectivity index (χ0) is 14.8. The Morgan fingerprint density at radius 2 is 2.29 bits per heavy atom. The van der Waals surface area contributed by atoms with E-state index < -0.39 is 0 Å². The molecule has 0 aliphatic carbocycles. The zero-order valence-corrected chi connectivity index (χ0v) is 13.6. The predicted octanol–water partition coefficient (Wildman–Crippen LogP) is 1.59. The first-order chi connectivity index (χ1) is 10.1. The Kier molecular flexibility index (Phi) is 4.48. The molecule has 1 aliphatic rings. The molecule has 0 N–H and O–H groups in total. The van der Waals surface area contributed by atoms with Crippen molar-refractivity contribution < 1.29 is 4.42 Å². The lowest BCUT2D eigenvalue weighted by atomic mass is 10.2. The Balaban J connectivity index is 1.53. The van der Waals surface area contributed by atoms with Crippen LogP contribution in [0.15, 0.2) is 4.42 Å². The summed E-state index contributed by atoms with van der Waals surface area (Å²) in [7, 11) is 2.09. The van der Waals surface area contributed by atoms with Gasteiger partial charge in [-0.25, -0.2) is 0 Å². The van der Waals surface area contributed by atoms with Crippen LogP contribution in [0.2, 0.25) is 4.34 Å². The van der Waals surface area contributed by atoms with Gasteiger partial charge < -0.3 is 4.42 Å². The van der Waals surface area contributed by atoms with Crippen LogP contribution in [0, 0.1) is 6.92 Å². The minimum absolute atomic E-state index is 0.475. The van der Waals surface area contributed by atoms with Crippen molar-refractivity contribution in [1.82, 2.24) is 29.6 Å². The van der Waals surface area contributed by atoms with Gasteiger partial charge in [0.25, 0.3) is 0 Å². The first-order valence-electron chi connectivity index (χ1n) is 6.80. The number of likely N-dealkylation sites (tertiary alicyclic amines) is 1. The summed E-state index contributed by atoms with van der Waals surface area (Å²) in [5, 5.41) is 12.0. The third-order valence-corrected chi connectivity index (χ3v) is 4.69. The van der Waals surface area contributed by atoms with Crippen LogP contribution in [0.1, 0.15) is 23.9 Å². The first kappa shape index (κ1) is 14.8. The highest BCUT2D eigenvalue weighted by molar-refractivity contribution is 7.10. The van der Waals surface area contributed by atoms with Crippen molar-refractivity contribution in [2.24, 2.45) is 0 Å². The van der Waals surface area contributed by atoms with Crippen LogP contribution in [0.3, 0.4) is 0 Å². The van der Waals surface area contributed by atoms with Gasteiger partial charge in [-0.15, -0.1) is 15.3 Å². The number of hydrogen-bond donors (Lipinski definition) is 0. The summed E-state index contributed by atoms with van der Waals surface area (Å²) in [4.78, 5) is 4.61. The molecule has 0 unspecified atom stereocenters. The molecule has 21 heavy (non-hydrogen) atoms. The van der Waals surface area contributed by atoms with E-state index in [1.54, 1.807) is 6.92 Å². The van der Waals surface area contributed by atoms with E-state index in [1.807, 2.05) is 0 Å². The smallest absolute Gasteiger partial charge is 0.230 e. The van der Waals surface area contributed by atoms with E-state index in [1.165, 1.54) is 11.5 Å². The Bertz CT molecular complexity index is 602. The fraction of sp³-hybridized carbons (Fsp3) is 0.667. The van der Waals surface area contributed by atoms with Crippen LogP contribution in [-0.4, -0.2) is 55.8 Å². The Morgan fingerprint density at radius 3 is 2.95 bits per heavy atom. The van der Waals surface area contributed by atoms with Gasteiger partial charge in [-0.3, -0.25) is 9.80 Å². The molecule has 0 bridgehead atoms. The Morgan fingerprint density at radius 1 is 1.43 bits per heavy atom. The van der Waals surface area contributed by atoms with Gasteiger partial charge in [0.15, 0.2) is 0 Å². The lowest BCUT2D eigenvalue weighted by molar-refractivity contribution is 0.204. The highest BCUT2D eigenvalue weighted by Gasteiger charge is 2.27. The van der Waals surface area contributed by atoms with E-state index in [9.17, 15) is 0 Å². The van der Waals surface area contributed by atoms with Gasteiger partial charge in [-0.1, -0.05) is 16.1 Å². The molecular formula is C12H17ClN6OS. The third kappa shape index (κ3) is 3.57. The fourth-order valence-corrected chi connectivity index (χ4v) is 3.17. The molecule has 0 aromatic carbocycles. The van der Waals surface area contributed by atoms with Crippen LogP contribution in [0.25, 0.3) is 0 Å². The van der Waals surface area contributed by atoms with Crippen LogP contribution < -0.4 is 0 Å². The molecule has 0 spiro atoms. The number of likely N-dealkylation sites (N-methyl/N-ethyl adjacent to an activating group) is 1. The van der Waals surface area contributed by atoms with Crippen molar-refractivity contribution in [3.63, 3.8) is 0 Å². The molecule has 1 atom stereocenters. The summed E-state index contributed by atoms with van der Waals surface area (Å²) in [6.45, 7) is 5.26. The lowest BCUT2D eigenvalue weighted by Gasteiger charge is -2.23. The lowest BCUT2D eigenvalue weighted by Crippen LogP contribution is -2.34. The van der Waals surface area contributed by atoms with Crippen molar-refractivity contribution in [2.75, 3.05) is 20.1 Å². The maximum atomic E-state index is 6.06. The van der Waals surface area contributed by atoms with Crippen molar-refractivity contribution in [3.05, 3.63) is 21.8 Å². The van der Waals surface area contributed by atoms with Gasteiger partial charge in [-0.05, 0) is 13.5 Å². The maximum Gasteiger partial charge on any atom is 0.230 e. The molecule has 3 heterocycles. The van der Waals surface area contributed by atoms with Gasteiger partial charge in [0.1, 0.15) is 10.0 Å². The molecule has 0 amide bonds. The molecule has 114 valence electrons. The van der Waals surface area contributed by atoms with E-state index in [0.717, 1.165) is 31.7 Å². The molecular weight excluding hydrogens is 312 g/mol. The SMILES string of the molecule is Cc1nnc(CN(C)[C@@H]2CCN(Cc3nnsc3Cl)C2)o1. The Labute approximate surface area is 132 Å². The molecule has 0 radical (unpaired) electrons. The fourth-order valence-electron chi connectivity index (χ4n) is 2.56. The van der Waals surface area contributed by atoms with Gasteiger partial charge in [-0.2, -0.15) is 0 Å². The van der Waals surface area contributed by atoms with Crippen LogP contribution >= 0.6 is 23.1 Å². The van der Waals surface area contributed by atoms with Crippen molar-refractivity contribution in [1.29, 1.82) is 0 Å². The monoisotopic (exact) mass is 328 g/mol. The van der Waals surface area contributed by atoms with Gasteiger partial charge in [0, 0.05) is 44.1 Å². The van der Waals surface area contributed by atoms with Gasteiger partial charge in [0.2, 0.25) is 11.8 Å². The summed E-state index contributed by atoms with van der Waals surface area (Å²) in [5.41, 5.74) is 0.873. The van der Waals surface area contributed by atoms with Crippen LogP contribution in [0.5, 0.6) is 0 Å². The van der Waals surface area contributed by atoms with Crippen molar-refractivity contribution >= 4 is 23.1 Å². The quantitative estimate of drug-likeness (QED) is 0.825. The minimum atomic E-state index is 0.475. The maximum absolute atomic E-state index is 6.06. The molecule has 7 nitrogen and oxygen atoms in total. The molecule has 1 fully saturated rings. The number of halogens is 1. The normalized spacial score (nSPS) is 19.7. The molecule has 0 saturated carbocycles. The first-order valence-corrected chi connectivity index (χ1v) is 7.95. The molecule has 1 aliphatic heterocycles. The Hall–Kier alpha value is -1.09. The summed E-state index contributed by atoms with van der Waals surface area (Å²) < 4.78 is 9.99. The summed E-state index contributed by atoms with van der Waals surface area (Å²) in [6, 6.07) is 0.475. The second-order valence-electron chi connectivity index (χ2n) is 5.30. The van der Waals surface area contributed by atoms with Gasteiger partial charge in [0.05, 0.1) is 6.54 Å². The predicted molar refractivity (Wildman–Crippen MR) is 79.1 cm³/mol. The minimum Gasteiger partial charge on any atom is -0.424 e. The molecule has 1 saturated heterocycles. The second-order valence-corrected chi connectivity index (χ2v) is 6.66. The highest BCUT2D eigenvalue weighted by Crippen LogP contribution is 2.22. The largest absolute Gasteiger partial charge is 0.424 e. The summed E-state index contributed by atoms with van der Waals surface area (Å²) in [6.07, 6.45) is 1.11. The summed E-state index contributed by atoms with van der Waals surface area (Å²) in [5.74, 6) is 1.28. The van der Waals surface area contributed by atoms with Crippen LogP contribution in [-0.2, 0) is 13.1 Å². The van der Waals surface area contributed by atoms with E-state index in [2.05, 4.69) is 36.6 Å². The summed E-state index contributed by atoms with van der Waals surface area (Å²) >= 11 is 7.29. The molecule has 2 aromatic heterocycles. The van der Waals surface area contributed by atoms with Crippen LogP contribution in [0.4, 0.5) is 0 Å².